The van der Waals surface area contributed by atoms with E-state index in [4.69, 9.17) is 5.11 Å². The van der Waals surface area contributed by atoms with E-state index in [-0.39, 0.29) is 4.88 Å². The van der Waals surface area contributed by atoms with Crippen LogP contribution in [0.4, 0.5) is 0 Å². The Morgan fingerprint density at radius 3 is 2.69 bits per heavy atom. The Bertz CT molecular complexity index is 485. The molecule has 0 fully saturated rings. The van der Waals surface area contributed by atoms with Crippen LogP contribution < -0.4 is 0 Å². The lowest BCUT2D eigenvalue weighted by Crippen LogP contribution is -1.90. The van der Waals surface area contributed by atoms with Crippen molar-refractivity contribution in [3.05, 3.63) is 40.1 Å². The first-order valence-corrected chi connectivity index (χ1v) is 5.07. The van der Waals surface area contributed by atoms with Gasteiger partial charge in [0.05, 0.1) is 10.6 Å². The van der Waals surface area contributed by atoms with Crippen LogP contribution in [0.15, 0.2) is 29.8 Å². The summed E-state index contributed by atoms with van der Waals surface area (Å²) >= 11 is 0.907. The van der Waals surface area contributed by atoms with Crippen LogP contribution in [0.2, 0.25) is 0 Å². The largest absolute Gasteiger partial charge is 0.477 e. The summed E-state index contributed by atoms with van der Waals surface area (Å²) in [7, 11) is 0. The summed E-state index contributed by atoms with van der Waals surface area (Å²) in [4.78, 5) is 25.7. The van der Waals surface area contributed by atoms with Gasteiger partial charge in [0, 0.05) is 5.56 Å². The third kappa shape index (κ3) is 2.32. The van der Waals surface area contributed by atoms with Crippen molar-refractivity contribution < 1.29 is 14.7 Å². The Hall–Kier alpha value is -2.01. The second kappa shape index (κ2) is 5.18. The highest BCUT2D eigenvalue weighted by Crippen LogP contribution is 2.27. The number of thiophene rings is 1. The molecular formula is C11H9NO3S. The highest BCUT2D eigenvalue weighted by molar-refractivity contribution is 7.15. The molecule has 0 saturated heterocycles. The second-order valence-electron chi connectivity index (χ2n) is 2.76. The SMILES string of the molecule is C=C/C=C(\N=C)c1cc(C(=O)O)sc1C=O. The summed E-state index contributed by atoms with van der Waals surface area (Å²) in [5.41, 5.74) is 0.896. The number of rotatable bonds is 5. The van der Waals surface area contributed by atoms with Crippen LogP contribution in [0.1, 0.15) is 24.9 Å². The molecule has 1 aromatic rings. The van der Waals surface area contributed by atoms with E-state index in [9.17, 15) is 9.59 Å². The number of carboxylic acids is 1. The van der Waals surface area contributed by atoms with Gasteiger partial charge in [0.15, 0.2) is 6.29 Å². The van der Waals surface area contributed by atoms with E-state index in [2.05, 4.69) is 18.3 Å². The van der Waals surface area contributed by atoms with Gasteiger partial charge in [0.2, 0.25) is 0 Å². The number of hydrogen-bond acceptors (Lipinski definition) is 4. The number of allylic oxidation sites excluding steroid dienone is 2. The number of carbonyl (C=O) groups is 2. The Morgan fingerprint density at radius 1 is 1.56 bits per heavy atom. The predicted molar refractivity (Wildman–Crippen MR) is 64.4 cm³/mol. The second-order valence-corrected chi connectivity index (χ2v) is 3.84. The van der Waals surface area contributed by atoms with Gasteiger partial charge < -0.3 is 5.11 Å². The number of hydrogen-bond donors (Lipinski definition) is 1. The zero-order chi connectivity index (χ0) is 12.1. The molecule has 0 radical (unpaired) electrons. The minimum Gasteiger partial charge on any atom is -0.477 e. The maximum atomic E-state index is 10.8. The monoisotopic (exact) mass is 235 g/mol. The van der Waals surface area contributed by atoms with Gasteiger partial charge in [-0.25, -0.2) is 4.79 Å². The molecule has 1 N–H and O–H groups in total. The standard InChI is InChI=1S/C11H9NO3S/c1-3-4-8(12-2)7-5-9(11(14)15)16-10(7)6-13/h3-6H,1-2H2,(H,14,15)/b8-4-. The van der Waals surface area contributed by atoms with Crippen molar-refractivity contribution in [1.29, 1.82) is 0 Å². The van der Waals surface area contributed by atoms with E-state index >= 15 is 0 Å². The fraction of sp³-hybridized carbons (Fsp3) is 0. The summed E-state index contributed by atoms with van der Waals surface area (Å²) in [6.07, 6.45) is 3.67. The quantitative estimate of drug-likeness (QED) is 0.484. The number of carboxylic acid groups (broad SMARTS) is 1. The van der Waals surface area contributed by atoms with Crippen LogP contribution in [-0.2, 0) is 0 Å². The number of aliphatic imine (C=N–C) groups is 1. The van der Waals surface area contributed by atoms with E-state index in [1.54, 1.807) is 6.08 Å². The fourth-order valence-electron chi connectivity index (χ4n) is 1.14. The molecule has 4 nitrogen and oxygen atoms in total. The van der Waals surface area contributed by atoms with Crippen molar-refractivity contribution in [2.24, 2.45) is 4.99 Å². The first-order chi connectivity index (χ1) is 7.63. The van der Waals surface area contributed by atoms with Gasteiger partial charge in [0.1, 0.15) is 4.88 Å². The molecule has 16 heavy (non-hydrogen) atoms. The molecule has 0 amide bonds. The zero-order valence-corrected chi connectivity index (χ0v) is 9.16. The van der Waals surface area contributed by atoms with Gasteiger partial charge in [0.25, 0.3) is 0 Å². The van der Waals surface area contributed by atoms with Crippen molar-refractivity contribution >= 4 is 36.0 Å². The molecule has 0 saturated carbocycles. The average molecular weight is 235 g/mol. The first kappa shape index (κ1) is 12.1. The normalized spacial score (nSPS) is 10.9. The summed E-state index contributed by atoms with van der Waals surface area (Å²) < 4.78 is 0. The fourth-order valence-corrected chi connectivity index (χ4v) is 1.96. The molecular weight excluding hydrogens is 226 g/mol. The van der Waals surface area contributed by atoms with E-state index in [0.29, 0.717) is 22.4 Å². The van der Waals surface area contributed by atoms with Crippen molar-refractivity contribution in [2.75, 3.05) is 0 Å². The maximum absolute atomic E-state index is 10.8. The third-order valence-electron chi connectivity index (χ3n) is 1.80. The lowest BCUT2D eigenvalue weighted by Gasteiger charge is -1.96. The molecule has 0 bridgehead atoms. The molecule has 0 aliphatic rings. The molecule has 0 unspecified atom stereocenters. The van der Waals surface area contributed by atoms with Gasteiger partial charge in [-0.15, -0.1) is 11.3 Å². The lowest BCUT2D eigenvalue weighted by atomic mass is 10.1. The lowest BCUT2D eigenvalue weighted by molar-refractivity contribution is 0.0702. The molecule has 0 aromatic carbocycles. The van der Waals surface area contributed by atoms with Gasteiger partial charge in [-0.3, -0.25) is 9.79 Å². The minimum atomic E-state index is -1.07. The van der Waals surface area contributed by atoms with Crippen LogP contribution >= 0.6 is 11.3 Å². The minimum absolute atomic E-state index is 0.0933. The van der Waals surface area contributed by atoms with Crippen LogP contribution in [0, 0.1) is 0 Å². The summed E-state index contributed by atoms with van der Waals surface area (Å²) in [6.45, 7) is 6.87. The Balaban J connectivity index is 3.36. The van der Waals surface area contributed by atoms with Crippen molar-refractivity contribution in [3.63, 3.8) is 0 Å². The molecule has 82 valence electrons. The van der Waals surface area contributed by atoms with Crippen LogP contribution in [0.25, 0.3) is 5.70 Å². The summed E-state index contributed by atoms with van der Waals surface area (Å²) in [5, 5.41) is 8.81. The van der Waals surface area contributed by atoms with E-state index in [1.165, 1.54) is 12.1 Å². The molecule has 1 heterocycles. The predicted octanol–water partition coefficient (Wildman–Crippen LogP) is 2.49. The Morgan fingerprint density at radius 2 is 2.25 bits per heavy atom. The van der Waals surface area contributed by atoms with E-state index in [1.807, 2.05) is 0 Å². The van der Waals surface area contributed by atoms with Gasteiger partial charge in [-0.05, 0) is 18.9 Å². The molecule has 0 aliphatic carbocycles. The molecule has 0 aliphatic heterocycles. The number of nitrogens with zero attached hydrogens (tertiary/aromatic N) is 1. The van der Waals surface area contributed by atoms with Gasteiger partial charge >= 0.3 is 5.97 Å². The first-order valence-electron chi connectivity index (χ1n) is 4.26. The van der Waals surface area contributed by atoms with Crippen LogP contribution in [0.3, 0.4) is 0 Å². The van der Waals surface area contributed by atoms with Crippen LogP contribution in [-0.4, -0.2) is 24.1 Å². The van der Waals surface area contributed by atoms with Crippen molar-refractivity contribution in [3.8, 4) is 0 Å². The number of aromatic carboxylic acids is 1. The molecule has 0 spiro atoms. The summed E-state index contributed by atoms with van der Waals surface area (Å²) in [5.74, 6) is -1.07. The Kier molecular flexibility index (Phi) is 3.90. The molecule has 1 rings (SSSR count). The summed E-state index contributed by atoms with van der Waals surface area (Å²) in [6, 6.07) is 1.40. The van der Waals surface area contributed by atoms with Crippen molar-refractivity contribution in [2.45, 2.75) is 0 Å². The zero-order valence-electron chi connectivity index (χ0n) is 8.34. The number of carbonyl (C=O) groups excluding carboxylic acids is 1. The maximum Gasteiger partial charge on any atom is 0.345 e. The van der Waals surface area contributed by atoms with Crippen molar-refractivity contribution in [1.82, 2.24) is 0 Å². The van der Waals surface area contributed by atoms with Crippen LogP contribution in [0.5, 0.6) is 0 Å². The highest BCUT2D eigenvalue weighted by atomic mass is 32.1. The highest BCUT2D eigenvalue weighted by Gasteiger charge is 2.15. The Labute approximate surface area is 96.3 Å². The smallest absolute Gasteiger partial charge is 0.345 e. The van der Waals surface area contributed by atoms with Gasteiger partial charge in [-0.2, -0.15) is 0 Å². The van der Waals surface area contributed by atoms with Gasteiger partial charge in [-0.1, -0.05) is 12.7 Å². The number of aldehydes is 1. The molecule has 5 heteroatoms. The molecule has 1 aromatic heterocycles. The van der Waals surface area contributed by atoms with E-state index in [0.717, 1.165) is 11.3 Å². The van der Waals surface area contributed by atoms with E-state index < -0.39 is 5.97 Å². The molecule has 0 atom stereocenters. The topological polar surface area (TPSA) is 66.7 Å². The average Bonchev–Trinajstić information content (AvgIpc) is 2.69. The third-order valence-corrected chi connectivity index (χ3v) is 2.85.